The molecule has 0 N–H and O–H groups in total. The summed E-state index contributed by atoms with van der Waals surface area (Å²) in [6, 6.07) is 6.88. The third-order valence-electron chi connectivity index (χ3n) is 3.96. The van der Waals surface area contributed by atoms with E-state index in [4.69, 9.17) is 23.2 Å². The normalized spacial score (nSPS) is 17.5. The number of anilines is 1. The molecule has 0 heterocycles. The van der Waals surface area contributed by atoms with Crippen LogP contribution in [0.5, 0.6) is 0 Å². The summed E-state index contributed by atoms with van der Waals surface area (Å²) < 4.78 is 0. The van der Waals surface area contributed by atoms with Crippen LogP contribution in [0.3, 0.4) is 0 Å². The third-order valence-corrected chi connectivity index (χ3v) is 4.60. The molecule has 1 aliphatic rings. The molecule has 1 saturated carbocycles. The van der Waals surface area contributed by atoms with Gasteiger partial charge < -0.3 is 4.90 Å². The molecule has 0 saturated heterocycles. The van der Waals surface area contributed by atoms with Gasteiger partial charge in [0.1, 0.15) is 0 Å². The molecule has 0 aliphatic heterocycles. The Kier molecular flexibility index (Phi) is 5.20. The van der Waals surface area contributed by atoms with E-state index in [1.807, 2.05) is 12.1 Å². The van der Waals surface area contributed by atoms with Crippen molar-refractivity contribution >= 4 is 28.9 Å². The van der Waals surface area contributed by atoms with Crippen molar-refractivity contribution in [3.8, 4) is 0 Å². The van der Waals surface area contributed by atoms with Gasteiger partial charge in [-0.25, -0.2) is 0 Å². The lowest BCUT2D eigenvalue weighted by Gasteiger charge is -2.29. The monoisotopic (exact) mass is 285 g/mol. The van der Waals surface area contributed by atoms with Gasteiger partial charge in [0.2, 0.25) is 0 Å². The zero-order valence-electron chi connectivity index (χ0n) is 11.0. The SMILES string of the molecule is CN(c1ccc(CCl)c(Cl)c1)C1CCCCCC1. The average Bonchev–Trinajstić information content (AvgIpc) is 2.66. The molecule has 18 heavy (non-hydrogen) atoms. The predicted molar refractivity (Wildman–Crippen MR) is 80.9 cm³/mol. The van der Waals surface area contributed by atoms with Gasteiger partial charge in [0, 0.05) is 29.7 Å². The van der Waals surface area contributed by atoms with Crippen molar-refractivity contribution in [3.63, 3.8) is 0 Å². The van der Waals surface area contributed by atoms with Gasteiger partial charge in [-0.2, -0.15) is 0 Å². The van der Waals surface area contributed by atoms with Crippen LogP contribution in [0, 0.1) is 0 Å². The molecule has 0 atom stereocenters. The van der Waals surface area contributed by atoms with E-state index in [0.29, 0.717) is 11.9 Å². The molecule has 0 unspecified atom stereocenters. The summed E-state index contributed by atoms with van der Waals surface area (Å²) in [5.74, 6) is 0.478. The Morgan fingerprint density at radius 1 is 1.17 bits per heavy atom. The third kappa shape index (κ3) is 3.33. The molecule has 0 bridgehead atoms. The molecule has 3 heteroatoms. The van der Waals surface area contributed by atoms with Crippen molar-refractivity contribution in [1.29, 1.82) is 0 Å². The second kappa shape index (κ2) is 6.68. The number of benzene rings is 1. The van der Waals surface area contributed by atoms with Crippen LogP contribution in [0.4, 0.5) is 5.69 Å². The van der Waals surface area contributed by atoms with Crippen molar-refractivity contribution in [2.45, 2.75) is 50.4 Å². The second-order valence-electron chi connectivity index (χ2n) is 5.17. The van der Waals surface area contributed by atoms with Crippen LogP contribution in [0.15, 0.2) is 18.2 Å². The van der Waals surface area contributed by atoms with E-state index in [0.717, 1.165) is 10.6 Å². The molecular weight excluding hydrogens is 265 g/mol. The topological polar surface area (TPSA) is 3.24 Å². The van der Waals surface area contributed by atoms with E-state index in [1.54, 1.807) is 0 Å². The van der Waals surface area contributed by atoms with Gasteiger partial charge in [-0.3, -0.25) is 0 Å². The van der Waals surface area contributed by atoms with Gasteiger partial charge in [-0.1, -0.05) is 43.4 Å². The van der Waals surface area contributed by atoms with Gasteiger partial charge in [-0.15, -0.1) is 11.6 Å². The molecule has 1 aliphatic carbocycles. The van der Waals surface area contributed by atoms with Crippen molar-refractivity contribution in [2.75, 3.05) is 11.9 Å². The lowest BCUT2D eigenvalue weighted by Crippen LogP contribution is -2.31. The quantitative estimate of drug-likeness (QED) is 0.542. The van der Waals surface area contributed by atoms with E-state index in [2.05, 4.69) is 18.0 Å². The van der Waals surface area contributed by atoms with Crippen LogP contribution in [0.25, 0.3) is 0 Å². The highest BCUT2D eigenvalue weighted by Crippen LogP contribution is 2.29. The fourth-order valence-electron chi connectivity index (χ4n) is 2.72. The molecule has 0 aromatic heterocycles. The summed E-state index contributed by atoms with van der Waals surface area (Å²) in [7, 11) is 2.18. The smallest absolute Gasteiger partial charge is 0.0488 e. The minimum Gasteiger partial charge on any atom is -0.372 e. The fraction of sp³-hybridized carbons (Fsp3) is 0.600. The minimum atomic E-state index is 0.478. The maximum Gasteiger partial charge on any atom is 0.0488 e. The maximum atomic E-state index is 6.23. The molecule has 0 amide bonds. The van der Waals surface area contributed by atoms with Crippen LogP contribution in [-0.2, 0) is 5.88 Å². The highest BCUT2D eigenvalue weighted by atomic mass is 35.5. The Balaban J connectivity index is 2.11. The summed E-state index contributed by atoms with van der Waals surface area (Å²) in [6.07, 6.45) is 8.06. The minimum absolute atomic E-state index is 0.478. The number of halogens is 2. The van der Waals surface area contributed by atoms with Gasteiger partial charge in [0.15, 0.2) is 0 Å². The second-order valence-corrected chi connectivity index (χ2v) is 5.84. The maximum absolute atomic E-state index is 6.23. The largest absolute Gasteiger partial charge is 0.372 e. The summed E-state index contributed by atoms with van der Waals surface area (Å²) in [5, 5.41) is 0.781. The summed E-state index contributed by atoms with van der Waals surface area (Å²) in [5.41, 5.74) is 2.22. The van der Waals surface area contributed by atoms with E-state index in [-0.39, 0.29) is 0 Å². The van der Waals surface area contributed by atoms with Gasteiger partial charge in [-0.05, 0) is 30.5 Å². The molecule has 0 radical (unpaired) electrons. The summed E-state index contributed by atoms with van der Waals surface area (Å²) >= 11 is 12.1. The Hall–Kier alpha value is -0.400. The average molecular weight is 286 g/mol. The van der Waals surface area contributed by atoms with Gasteiger partial charge in [0.25, 0.3) is 0 Å². The van der Waals surface area contributed by atoms with Gasteiger partial charge >= 0.3 is 0 Å². The highest BCUT2D eigenvalue weighted by molar-refractivity contribution is 6.32. The number of nitrogens with zero attached hydrogens (tertiary/aromatic N) is 1. The van der Waals surface area contributed by atoms with Gasteiger partial charge in [0.05, 0.1) is 0 Å². The van der Waals surface area contributed by atoms with Crippen LogP contribution in [0.2, 0.25) is 5.02 Å². The van der Waals surface area contributed by atoms with Crippen molar-refractivity contribution < 1.29 is 0 Å². The predicted octanol–water partition coefficient (Wildman–Crippen LogP) is 5.24. The summed E-state index contributed by atoms with van der Waals surface area (Å²) in [4.78, 5) is 2.38. The Morgan fingerprint density at radius 2 is 1.83 bits per heavy atom. The zero-order valence-corrected chi connectivity index (χ0v) is 12.5. The lowest BCUT2D eigenvalue weighted by molar-refractivity contribution is 0.553. The molecule has 1 nitrogen and oxygen atoms in total. The first-order valence-electron chi connectivity index (χ1n) is 6.79. The molecule has 2 rings (SSSR count). The van der Waals surface area contributed by atoms with Crippen LogP contribution >= 0.6 is 23.2 Å². The number of hydrogen-bond acceptors (Lipinski definition) is 1. The van der Waals surface area contributed by atoms with Crippen molar-refractivity contribution in [3.05, 3.63) is 28.8 Å². The molecule has 0 spiro atoms. The van der Waals surface area contributed by atoms with Crippen molar-refractivity contribution in [1.82, 2.24) is 0 Å². The zero-order chi connectivity index (χ0) is 13.0. The van der Waals surface area contributed by atoms with E-state index in [1.165, 1.54) is 44.2 Å². The molecule has 1 fully saturated rings. The van der Waals surface area contributed by atoms with E-state index in [9.17, 15) is 0 Å². The summed E-state index contributed by atoms with van der Waals surface area (Å²) in [6.45, 7) is 0. The van der Waals surface area contributed by atoms with E-state index < -0.39 is 0 Å². The number of hydrogen-bond donors (Lipinski definition) is 0. The molecule has 1 aromatic rings. The standard InChI is InChI=1S/C15H21Cl2N/c1-18(13-6-4-2-3-5-7-13)14-9-8-12(11-16)15(17)10-14/h8-10,13H,2-7,11H2,1H3. The van der Waals surface area contributed by atoms with Crippen LogP contribution < -0.4 is 4.90 Å². The Labute approximate surface area is 120 Å². The first kappa shape index (κ1) is 14.0. The highest BCUT2D eigenvalue weighted by Gasteiger charge is 2.17. The van der Waals surface area contributed by atoms with E-state index >= 15 is 0 Å². The molecular formula is C15H21Cl2N. The van der Waals surface area contributed by atoms with Crippen LogP contribution in [0.1, 0.15) is 44.1 Å². The Bertz CT molecular complexity index is 384. The first-order valence-corrected chi connectivity index (χ1v) is 7.71. The lowest BCUT2D eigenvalue weighted by atomic mass is 10.1. The van der Waals surface area contributed by atoms with Crippen molar-refractivity contribution in [2.24, 2.45) is 0 Å². The number of rotatable bonds is 3. The Morgan fingerprint density at radius 3 is 2.39 bits per heavy atom. The molecule has 1 aromatic carbocycles. The fourth-order valence-corrected chi connectivity index (χ4v) is 3.26. The van der Waals surface area contributed by atoms with Crippen LogP contribution in [-0.4, -0.2) is 13.1 Å². The molecule has 100 valence electrons. The first-order chi connectivity index (χ1) is 8.72. The number of alkyl halides is 1.